The predicted molar refractivity (Wildman–Crippen MR) is 162 cm³/mol. The van der Waals surface area contributed by atoms with Crippen LogP contribution in [0, 0.1) is 11.7 Å². The van der Waals surface area contributed by atoms with Crippen LogP contribution in [-0.4, -0.2) is 75.2 Å². The zero-order chi connectivity index (χ0) is 30.7. The van der Waals surface area contributed by atoms with Gasteiger partial charge in [-0.3, -0.25) is 14.5 Å². The van der Waals surface area contributed by atoms with E-state index in [0.29, 0.717) is 55.4 Å². The molecule has 228 valence electrons. The van der Waals surface area contributed by atoms with Crippen LogP contribution in [0.15, 0.2) is 66.7 Å². The summed E-state index contributed by atoms with van der Waals surface area (Å²) in [5.74, 6) is 0.503. The highest BCUT2D eigenvalue weighted by Gasteiger charge is 2.51. The second-order valence-electron chi connectivity index (χ2n) is 11.5. The van der Waals surface area contributed by atoms with Gasteiger partial charge >= 0.3 is 0 Å². The number of nitrogens with two attached hydrogens (primary N) is 1. The highest BCUT2D eigenvalue weighted by Crippen LogP contribution is 2.46. The molecule has 4 atom stereocenters. The number of methoxy groups -OCH3 is 3. The second kappa shape index (κ2) is 12.6. The van der Waals surface area contributed by atoms with Crippen LogP contribution in [0.1, 0.15) is 47.2 Å². The molecule has 2 saturated heterocycles. The molecule has 0 aliphatic carbocycles. The lowest BCUT2D eigenvalue weighted by Crippen LogP contribution is -2.57. The summed E-state index contributed by atoms with van der Waals surface area (Å²) in [5, 5.41) is 0. The van der Waals surface area contributed by atoms with Gasteiger partial charge in [0.1, 0.15) is 5.82 Å². The van der Waals surface area contributed by atoms with E-state index in [2.05, 4.69) is 11.8 Å². The fourth-order valence-corrected chi connectivity index (χ4v) is 7.00. The number of halogens is 1. The SMILES string of the molecule is COc1cc(C(=O)N2CCC(C(C)N3CCC(C(N)=O)(c4ccccc4)C(c4ccc(F)cc4)C3)C2)cc(OC)c1OC. The molecule has 2 fully saturated rings. The molecule has 5 rings (SSSR count). The number of ether oxygens (including phenoxy) is 3. The highest BCUT2D eigenvalue weighted by molar-refractivity contribution is 5.96. The summed E-state index contributed by atoms with van der Waals surface area (Å²) in [6.07, 6.45) is 1.40. The average Bonchev–Trinajstić information content (AvgIpc) is 3.54. The summed E-state index contributed by atoms with van der Waals surface area (Å²) in [5.41, 5.74) is 7.52. The first kappa shape index (κ1) is 30.4. The minimum Gasteiger partial charge on any atom is -0.493 e. The summed E-state index contributed by atoms with van der Waals surface area (Å²) in [7, 11) is 4.59. The molecule has 2 aliphatic heterocycles. The van der Waals surface area contributed by atoms with Gasteiger partial charge < -0.3 is 24.8 Å². The first-order valence-corrected chi connectivity index (χ1v) is 14.7. The molecule has 4 unspecified atom stereocenters. The van der Waals surface area contributed by atoms with Gasteiger partial charge in [0.05, 0.1) is 26.7 Å². The van der Waals surface area contributed by atoms with Crippen molar-refractivity contribution in [3.63, 3.8) is 0 Å². The highest BCUT2D eigenvalue weighted by atomic mass is 19.1. The van der Waals surface area contributed by atoms with Gasteiger partial charge in [-0.15, -0.1) is 0 Å². The molecule has 0 bridgehead atoms. The van der Waals surface area contributed by atoms with E-state index in [1.165, 1.54) is 33.5 Å². The van der Waals surface area contributed by atoms with E-state index in [0.717, 1.165) is 17.5 Å². The van der Waals surface area contributed by atoms with E-state index >= 15 is 0 Å². The first-order valence-electron chi connectivity index (χ1n) is 14.7. The number of hydrogen-bond acceptors (Lipinski definition) is 6. The molecule has 2 amide bonds. The van der Waals surface area contributed by atoms with Gasteiger partial charge in [-0.05, 0) is 67.6 Å². The number of likely N-dealkylation sites (tertiary alicyclic amines) is 2. The maximum Gasteiger partial charge on any atom is 0.254 e. The van der Waals surface area contributed by atoms with Crippen LogP contribution in [0.3, 0.4) is 0 Å². The number of primary amides is 1. The molecule has 0 radical (unpaired) electrons. The largest absolute Gasteiger partial charge is 0.493 e. The van der Waals surface area contributed by atoms with Gasteiger partial charge in [0, 0.05) is 37.2 Å². The number of hydrogen-bond donors (Lipinski definition) is 1. The summed E-state index contributed by atoms with van der Waals surface area (Å²) >= 11 is 0. The monoisotopic (exact) mass is 589 g/mol. The van der Waals surface area contributed by atoms with Crippen molar-refractivity contribution in [3.05, 3.63) is 89.2 Å². The van der Waals surface area contributed by atoms with Gasteiger partial charge in [0.2, 0.25) is 11.7 Å². The molecule has 43 heavy (non-hydrogen) atoms. The standard InChI is InChI=1S/C34H40FN3O5/c1-22(24-14-16-38(20-24)32(39)25-18-29(41-2)31(43-4)30(19-25)42-3)37-17-15-34(33(36)40,26-8-6-5-7-9-26)28(21-37)23-10-12-27(35)13-11-23/h5-13,18-19,22,24,28H,14-17,20-21H2,1-4H3,(H2,36,40). The van der Waals surface area contributed by atoms with Crippen molar-refractivity contribution in [3.8, 4) is 17.2 Å². The van der Waals surface area contributed by atoms with Gasteiger partial charge in [-0.2, -0.15) is 0 Å². The lowest BCUT2D eigenvalue weighted by atomic mass is 9.62. The third-order valence-corrected chi connectivity index (χ3v) is 9.49. The predicted octanol–water partition coefficient (Wildman–Crippen LogP) is 4.61. The zero-order valence-electron chi connectivity index (χ0n) is 25.2. The van der Waals surface area contributed by atoms with Crippen molar-refractivity contribution in [2.45, 2.75) is 37.1 Å². The fraction of sp³-hybridized carbons (Fsp3) is 0.412. The maximum atomic E-state index is 13.9. The van der Waals surface area contributed by atoms with Gasteiger partial charge in [-0.25, -0.2) is 4.39 Å². The Bertz CT molecular complexity index is 1430. The lowest BCUT2D eigenvalue weighted by molar-refractivity contribution is -0.126. The topological polar surface area (TPSA) is 94.3 Å². The fourth-order valence-electron chi connectivity index (χ4n) is 7.00. The lowest BCUT2D eigenvalue weighted by Gasteiger charge is -2.49. The molecule has 3 aromatic rings. The Hall–Kier alpha value is -4.11. The first-order chi connectivity index (χ1) is 20.7. The molecule has 2 N–H and O–H groups in total. The van der Waals surface area contributed by atoms with E-state index in [4.69, 9.17) is 19.9 Å². The zero-order valence-corrected chi connectivity index (χ0v) is 25.2. The van der Waals surface area contributed by atoms with E-state index in [9.17, 15) is 14.0 Å². The number of carbonyl (C=O) groups is 2. The van der Waals surface area contributed by atoms with Crippen molar-refractivity contribution in [1.82, 2.24) is 9.80 Å². The van der Waals surface area contributed by atoms with Crippen LogP contribution in [0.2, 0.25) is 0 Å². The van der Waals surface area contributed by atoms with E-state index in [1.54, 1.807) is 24.3 Å². The number of carbonyl (C=O) groups excluding carboxylic acids is 2. The van der Waals surface area contributed by atoms with E-state index in [1.807, 2.05) is 35.2 Å². The molecular formula is C34H40FN3O5. The number of piperidine rings is 1. The molecule has 8 nitrogen and oxygen atoms in total. The Morgan fingerprint density at radius 1 is 0.930 bits per heavy atom. The van der Waals surface area contributed by atoms with Crippen LogP contribution < -0.4 is 19.9 Å². The summed E-state index contributed by atoms with van der Waals surface area (Å²) in [4.78, 5) is 31.2. The normalized spacial score (nSPS) is 23.0. The second-order valence-corrected chi connectivity index (χ2v) is 11.5. The minimum absolute atomic E-state index is 0.0893. The summed E-state index contributed by atoms with van der Waals surface area (Å²) in [6.45, 7) is 4.69. The Labute approximate surface area is 252 Å². The molecule has 0 spiro atoms. The number of rotatable bonds is 9. The van der Waals surface area contributed by atoms with Crippen LogP contribution in [0.4, 0.5) is 4.39 Å². The molecular weight excluding hydrogens is 549 g/mol. The van der Waals surface area contributed by atoms with Crippen LogP contribution in [-0.2, 0) is 10.2 Å². The number of amides is 2. The molecule has 2 heterocycles. The van der Waals surface area contributed by atoms with Gasteiger partial charge in [0.25, 0.3) is 5.91 Å². The maximum absolute atomic E-state index is 13.9. The van der Waals surface area contributed by atoms with Crippen molar-refractivity contribution in [2.24, 2.45) is 11.7 Å². The summed E-state index contributed by atoms with van der Waals surface area (Å²) < 4.78 is 30.2. The molecule has 3 aromatic carbocycles. The van der Waals surface area contributed by atoms with Crippen LogP contribution in [0.5, 0.6) is 17.2 Å². The third kappa shape index (κ3) is 5.66. The Morgan fingerprint density at radius 2 is 1.58 bits per heavy atom. The quantitative estimate of drug-likeness (QED) is 0.392. The number of benzene rings is 3. The smallest absolute Gasteiger partial charge is 0.254 e. The third-order valence-electron chi connectivity index (χ3n) is 9.49. The minimum atomic E-state index is -0.917. The summed E-state index contributed by atoms with van der Waals surface area (Å²) in [6, 6.07) is 19.6. The van der Waals surface area contributed by atoms with Gasteiger partial charge in [-0.1, -0.05) is 42.5 Å². The molecule has 9 heteroatoms. The average molecular weight is 590 g/mol. The van der Waals surface area contributed by atoms with Crippen molar-refractivity contribution in [2.75, 3.05) is 47.5 Å². The molecule has 0 saturated carbocycles. The van der Waals surface area contributed by atoms with Crippen molar-refractivity contribution in [1.29, 1.82) is 0 Å². The van der Waals surface area contributed by atoms with Crippen molar-refractivity contribution >= 4 is 11.8 Å². The van der Waals surface area contributed by atoms with Crippen LogP contribution >= 0.6 is 0 Å². The van der Waals surface area contributed by atoms with E-state index < -0.39 is 5.41 Å². The van der Waals surface area contributed by atoms with E-state index in [-0.39, 0.29) is 35.5 Å². The Kier molecular flexibility index (Phi) is 8.92. The van der Waals surface area contributed by atoms with Gasteiger partial charge in [0.15, 0.2) is 11.5 Å². The molecule has 0 aromatic heterocycles. The molecule has 2 aliphatic rings. The van der Waals surface area contributed by atoms with Crippen LogP contribution in [0.25, 0.3) is 0 Å². The van der Waals surface area contributed by atoms with Crippen molar-refractivity contribution < 1.29 is 28.2 Å². The number of nitrogens with zero attached hydrogens (tertiary/aromatic N) is 2. The Balaban J connectivity index is 1.37. The Morgan fingerprint density at radius 3 is 2.16 bits per heavy atom.